The average Bonchev–Trinajstić information content (AvgIpc) is 2.39. The number of fused-ring (bicyclic) bond motifs is 1. The van der Waals surface area contributed by atoms with E-state index in [0.29, 0.717) is 0 Å². The largest absolute Gasteiger partial charge is 0.367 e. The van der Waals surface area contributed by atoms with Crippen molar-refractivity contribution in [2.45, 2.75) is 6.92 Å². The summed E-state index contributed by atoms with van der Waals surface area (Å²) in [6, 6.07) is 6.32. The lowest BCUT2D eigenvalue weighted by molar-refractivity contribution is 0.590. The SMILES string of the molecule is Cc1ccc2ncc(Cl)c(N3CCNCC3)c2c1.Cl. The molecule has 19 heavy (non-hydrogen) atoms. The molecular formula is C14H17Cl2N3. The summed E-state index contributed by atoms with van der Waals surface area (Å²) in [5.41, 5.74) is 3.38. The van der Waals surface area contributed by atoms with E-state index in [-0.39, 0.29) is 12.4 Å². The Bertz CT molecular complexity index is 575. The summed E-state index contributed by atoms with van der Waals surface area (Å²) in [6.45, 7) is 6.10. The second-order valence-electron chi connectivity index (χ2n) is 4.71. The third-order valence-corrected chi connectivity index (χ3v) is 3.66. The summed E-state index contributed by atoms with van der Waals surface area (Å²) < 4.78 is 0. The summed E-state index contributed by atoms with van der Waals surface area (Å²) >= 11 is 6.36. The molecule has 0 bridgehead atoms. The van der Waals surface area contributed by atoms with Crippen LogP contribution < -0.4 is 10.2 Å². The van der Waals surface area contributed by atoms with Crippen LogP contribution in [-0.4, -0.2) is 31.2 Å². The Morgan fingerprint density at radius 3 is 2.74 bits per heavy atom. The van der Waals surface area contributed by atoms with E-state index < -0.39 is 0 Å². The third-order valence-electron chi connectivity index (χ3n) is 3.38. The number of benzene rings is 1. The zero-order chi connectivity index (χ0) is 12.5. The highest BCUT2D eigenvalue weighted by molar-refractivity contribution is 6.34. The highest BCUT2D eigenvalue weighted by Crippen LogP contribution is 2.33. The quantitative estimate of drug-likeness (QED) is 0.877. The molecule has 3 rings (SSSR count). The van der Waals surface area contributed by atoms with Crippen molar-refractivity contribution >= 4 is 40.6 Å². The molecule has 0 radical (unpaired) electrons. The Morgan fingerprint density at radius 2 is 2.00 bits per heavy atom. The number of nitrogens with one attached hydrogen (secondary N) is 1. The monoisotopic (exact) mass is 297 g/mol. The number of hydrogen-bond donors (Lipinski definition) is 1. The van der Waals surface area contributed by atoms with Crippen molar-refractivity contribution in [2.24, 2.45) is 0 Å². The van der Waals surface area contributed by atoms with Crippen LogP contribution in [0.4, 0.5) is 5.69 Å². The number of aryl methyl sites for hydroxylation is 1. The van der Waals surface area contributed by atoms with Crippen molar-refractivity contribution in [1.82, 2.24) is 10.3 Å². The van der Waals surface area contributed by atoms with Gasteiger partial charge in [0, 0.05) is 37.8 Å². The molecular weight excluding hydrogens is 281 g/mol. The van der Waals surface area contributed by atoms with Crippen LogP contribution in [0.2, 0.25) is 5.02 Å². The molecule has 1 aromatic carbocycles. The Kier molecular flexibility index (Phi) is 4.50. The van der Waals surface area contributed by atoms with Gasteiger partial charge in [-0.1, -0.05) is 23.2 Å². The van der Waals surface area contributed by atoms with Crippen molar-refractivity contribution in [3.05, 3.63) is 35.0 Å². The lowest BCUT2D eigenvalue weighted by Gasteiger charge is -2.31. The van der Waals surface area contributed by atoms with Gasteiger partial charge >= 0.3 is 0 Å². The van der Waals surface area contributed by atoms with E-state index in [1.165, 1.54) is 5.56 Å². The van der Waals surface area contributed by atoms with Crippen molar-refractivity contribution in [2.75, 3.05) is 31.1 Å². The van der Waals surface area contributed by atoms with Gasteiger partial charge in [-0.05, 0) is 19.1 Å². The molecule has 0 atom stereocenters. The van der Waals surface area contributed by atoms with E-state index in [1.54, 1.807) is 6.20 Å². The van der Waals surface area contributed by atoms with Crippen LogP contribution in [0.25, 0.3) is 10.9 Å². The number of nitrogens with zero attached hydrogens (tertiary/aromatic N) is 2. The molecule has 3 nitrogen and oxygen atoms in total. The smallest absolute Gasteiger partial charge is 0.0829 e. The summed E-state index contributed by atoms with van der Waals surface area (Å²) in [5, 5.41) is 5.27. The second-order valence-corrected chi connectivity index (χ2v) is 5.12. The average molecular weight is 298 g/mol. The fourth-order valence-electron chi connectivity index (χ4n) is 2.48. The van der Waals surface area contributed by atoms with Crippen LogP contribution in [0.5, 0.6) is 0 Å². The molecule has 0 amide bonds. The molecule has 1 aromatic heterocycles. The van der Waals surface area contributed by atoms with Gasteiger partial charge in [-0.15, -0.1) is 12.4 Å². The fraction of sp³-hybridized carbons (Fsp3) is 0.357. The van der Waals surface area contributed by atoms with Gasteiger partial charge in [0.15, 0.2) is 0 Å². The van der Waals surface area contributed by atoms with E-state index in [2.05, 4.69) is 40.3 Å². The highest BCUT2D eigenvalue weighted by Gasteiger charge is 2.17. The summed E-state index contributed by atoms with van der Waals surface area (Å²) in [7, 11) is 0. The summed E-state index contributed by atoms with van der Waals surface area (Å²) in [5.74, 6) is 0. The van der Waals surface area contributed by atoms with Crippen molar-refractivity contribution < 1.29 is 0 Å². The first-order valence-electron chi connectivity index (χ1n) is 6.26. The van der Waals surface area contributed by atoms with Gasteiger partial charge in [-0.2, -0.15) is 0 Å². The summed E-state index contributed by atoms with van der Waals surface area (Å²) in [6.07, 6.45) is 1.76. The van der Waals surface area contributed by atoms with Crippen LogP contribution in [0.15, 0.2) is 24.4 Å². The maximum atomic E-state index is 6.36. The molecule has 5 heteroatoms. The molecule has 0 unspecified atom stereocenters. The number of anilines is 1. The van der Waals surface area contributed by atoms with Gasteiger partial charge < -0.3 is 10.2 Å². The van der Waals surface area contributed by atoms with E-state index in [9.17, 15) is 0 Å². The zero-order valence-corrected chi connectivity index (χ0v) is 12.4. The molecule has 1 aliphatic rings. The Morgan fingerprint density at radius 1 is 1.26 bits per heavy atom. The number of halogens is 2. The van der Waals surface area contributed by atoms with E-state index >= 15 is 0 Å². The standard InChI is InChI=1S/C14H16ClN3.ClH/c1-10-2-3-13-11(8-10)14(12(15)9-17-13)18-6-4-16-5-7-18;/h2-3,8-9,16H,4-7H2,1H3;1H. The van der Waals surface area contributed by atoms with E-state index in [0.717, 1.165) is 47.8 Å². The van der Waals surface area contributed by atoms with Crippen molar-refractivity contribution in [3.8, 4) is 0 Å². The van der Waals surface area contributed by atoms with Crippen molar-refractivity contribution in [1.29, 1.82) is 0 Å². The van der Waals surface area contributed by atoms with Crippen LogP contribution in [0.1, 0.15) is 5.56 Å². The van der Waals surface area contributed by atoms with Crippen LogP contribution in [0.3, 0.4) is 0 Å². The minimum atomic E-state index is 0. The molecule has 1 saturated heterocycles. The lowest BCUT2D eigenvalue weighted by Crippen LogP contribution is -2.43. The first-order valence-corrected chi connectivity index (χ1v) is 6.64. The van der Waals surface area contributed by atoms with Gasteiger partial charge in [-0.3, -0.25) is 4.98 Å². The molecule has 2 aromatic rings. The van der Waals surface area contributed by atoms with Gasteiger partial charge in [0.05, 0.1) is 16.2 Å². The van der Waals surface area contributed by atoms with Crippen LogP contribution in [-0.2, 0) is 0 Å². The molecule has 1 fully saturated rings. The molecule has 0 spiro atoms. The molecule has 0 saturated carbocycles. The van der Waals surface area contributed by atoms with Crippen LogP contribution >= 0.6 is 24.0 Å². The minimum absolute atomic E-state index is 0. The predicted molar refractivity (Wildman–Crippen MR) is 83.8 cm³/mol. The Balaban J connectivity index is 0.00000133. The lowest BCUT2D eigenvalue weighted by atomic mass is 10.1. The van der Waals surface area contributed by atoms with E-state index in [1.807, 2.05) is 0 Å². The molecule has 1 N–H and O–H groups in total. The van der Waals surface area contributed by atoms with Gasteiger partial charge in [0.25, 0.3) is 0 Å². The van der Waals surface area contributed by atoms with Gasteiger partial charge in [0.1, 0.15) is 0 Å². The van der Waals surface area contributed by atoms with Crippen LogP contribution in [0, 0.1) is 6.92 Å². The molecule has 1 aliphatic heterocycles. The summed E-state index contributed by atoms with van der Waals surface area (Å²) in [4.78, 5) is 6.75. The Hall–Kier alpha value is -1.03. The second kappa shape index (κ2) is 5.95. The van der Waals surface area contributed by atoms with E-state index in [4.69, 9.17) is 11.6 Å². The number of aromatic nitrogens is 1. The Labute approximate surface area is 124 Å². The third kappa shape index (κ3) is 2.78. The maximum Gasteiger partial charge on any atom is 0.0829 e. The number of rotatable bonds is 1. The highest BCUT2D eigenvalue weighted by atomic mass is 35.5. The van der Waals surface area contributed by atoms with Gasteiger partial charge in [-0.25, -0.2) is 0 Å². The zero-order valence-electron chi connectivity index (χ0n) is 10.8. The van der Waals surface area contributed by atoms with Gasteiger partial charge in [0.2, 0.25) is 0 Å². The maximum absolute atomic E-state index is 6.36. The molecule has 2 heterocycles. The predicted octanol–water partition coefficient (Wildman–Crippen LogP) is 3.03. The first kappa shape index (κ1) is 14.4. The number of pyridine rings is 1. The molecule has 0 aliphatic carbocycles. The number of hydrogen-bond acceptors (Lipinski definition) is 3. The molecule has 102 valence electrons. The van der Waals surface area contributed by atoms with Crippen molar-refractivity contribution in [3.63, 3.8) is 0 Å². The normalized spacial score (nSPS) is 15.4. The topological polar surface area (TPSA) is 28.2 Å². The number of piperazine rings is 1. The fourth-order valence-corrected chi connectivity index (χ4v) is 2.75. The first-order chi connectivity index (χ1) is 8.75. The minimum Gasteiger partial charge on any atom is -0.367 e.